The van der Waals surface area contributed by atoms with Crippen LogP contribution in [0.5, 0.6) is 0 Å². The highest BCUT2D eigenvalue weighted by atomic mass is 16.4. The minimum Gasteiger partial charge on any atom is -0.550 e. The summed E-state index contributed by atoms with van der Waals surface area (Å²) in [5, 5.41) is 24.9. The van der Waals surface area contributed by atoms with Crippen molar-refractivity contribution in [1.82, 2.24) is 0 Å². The van der Waals surface area contributed by atoms with E-state index >= 15 is 0 Å². The van der Waals surface area contributed by atoms with Gasteiger partial charge in [0.25, 0.3) is 0 Å². The van der Waals surface area contributed by atoms with E-state index in [4.69, 9.17) is 20.1 Å². The molecular formula is C6H17NO4. The fourth-order valence-electron chi connectivity index (χ4n) is 0. The van der Waals surface area contributed by atoms with Crippen LogP contribution in [0.4, 0.5) is 0 Å². The summed E-state index contributed by atoms with van der Waals surface area (Å²) in [7, 11) is 1.75. The lowest BCUT2D eigenvalue weighted by Gasteiger charge is -1.90. The van der Waals surface area contributed by atoms with Crippen molar-refractivity contribution in [2.24, 2.45) is 0 Å². The van der Waals surface area contributed by atoms with Gasteiger partial charge in [0.1, 0.15) is 0 Å². The summed E-state index contributed by atoms with van der Waals surface area (Å²) < 4.78 is 0. The van der Waals surface area contributed by atoms with Gasteiger partial charge in [-0.1, -0.05) is 0 Å². The van der Waals surface area contributed by atoms with Crippen molar-refractivity contribution in [2.45, 2.75) is 20.0 Å². The maximum absolute atomic E-state index is 8.89. The molecule has 5 N–H and O–H groups in total. The summed E-state index contributed by atoms with van der Waals surface area (Å²) >= 11 is 0. The first-order valence-electron chi connectivity index (χ1n) is 3.18. The number of hydrogen-bond acceptors (Lipinski definition) is 4. The maximum atomic E-state index is 8.89. The first-order valence-corrected chi connectivity index (χ1v) is 3.18. The Hall–Kier alpha value is -0.650. The third-order valence-electron chi connectivity index (χ3n) is 0.264. The highest BCUT2D eigenvalue weighted by Crippen LogP contribution is 1.68. The standard InChI is InChI=1S/C3H8O2.C2H4O2.CH5N/c1-3(5)2-4;1-2(3)4;1-2/h3-5H,2H2,1H3;1H3,(H,3,4);2H2,1H3. The number of carbonyl (C=O) groups is 1. The number of aliphatic hydroxyl groups is 2. The van der Waals surface area contributed by atoms with Gasteiger partial charge in [0.2, 0.25) is 0 Å². The molecule has 1 atom stereocenters. The van der Waals surface area contributed by atoms with E-state index < -0.39 is 12.1 Å². The molecule has 0 rings (SSSR count). The van der Waals surface area contributed by atoms with Crippen LogP contribution in [0.2, 0.25) is 0 Å². The smallest absolute Gasteiger partial charge is 0.0742 e. The first-order chi connectivity index (χ1) is 5.00. The topological polar surface area (TPSA) is 108 Å². The van der Waals surface area contributed by atoms with Crippen molar-refractivity contribution in [3.05, 3.63) is 0 Å². The molecule has 5 nitrogen and oxygen atoms in total. The molecule has 0 bridgehead atoms. The molecule has 0 radical (unpaired) electrons. The maximum Gasteiger partial charge on any atom is 0.0742 e. The second kappa shape index (κ2) is 16.2. The van der Waals surface area contributed by atoms with Crippen molar-refractivity contribution in [3.8, 4) is 0 Å². The Kier molecular flexibility index (Phi) is 24.6. The molecule has 0 aromatic heterocycles. The van der Waals surface area contributed by atoms with E-state index in [1.165, 1.54) is 6.92 Å². The van der Waals surface area contributed by atoms with Crippen molar-refractivity contribution in [3.63, 3.8) is 0 Å². The molecule has 1 unspecified atom stereocenters. The molecule has 0 aromatic carbocycles. The lowest BCUT2D eigenvalue weighted by atomic mass is 10.5. The fraction of sp³-hybridized carbons (Fsp3) is 0.833. The Labute approximate surface area is 66.5 Å². The van der Waals surface area contributed by atoms with Gasteiger partial charge in [0, 0.05) is 5.97 Å². The summed E-state index contributed by atoms with van der Waals surface area (Å²) in [6.45, 7) is 2.36. The largest absolute Gasteiger partial charge is 0.550 e. The van der Waals surface area contributed by atoms with Crippen LogP contribution in [0.1, 0.15) is 13.8 Å². The minimum atomic E-state index is -1.08. The molecule has 0 saturated heterocycles. The predicted octanol–water partition coefficient (Wildman–Crippen LogP) is -3.03. The average Bonchev–Trinajstić information content (AvgIpc) is 1.91. The lowest BCUT2D eigenvalue weighted by molar-refractivity contribution is -0.325. The molecular weight excluding hydrogens is 150 g/mol. The molecule has 5 heteroatoms. The van der Waals surface area contributed by atoms with Crippen molar-refractivity contribution in [1.29, 1.82) is 0 Å². The van der Waals surface area contributed by atoms with Gasteiger partial charge < -0.3 is 25.8 Å². The average molecular weight is 167 g/mol. The lowest BCUT2D eigenvalue weighted by Crippen LogP contribution is -2.40. The first kappa shape index (κ1) is 16.7. The Morgan fingerprint density at radius 1 is 1.64 bits per heavy atom. The van der Waals surface area contributed by atoms with Crippen molar-refractivity contribution >= 4 is 5.97 Å². The van der Waals surface area contributed by atoms with Gasteiger partial charge in [-0.3, -0.25) is 0 Å². The number of carboxylic acids is 1. The summed E-state index contributed by atoms with van der Waals surface area (Å²) in [5.41, 5.74) is 3.25. The molecule has 0 saturated carbocycles. The Balaban J connectivity index is -0.0000000965. The quantitative estimate of drug-likeness (QED) is 0.386. The molecule has 0 aliphatic heterocycles. The van der Waals surface area contributed by atoms with E-state index in [1.54, 1.807) is 7.05 Å². The van der Waals surface area contributed by atoms with Gasteiger partial charge >= 0.3 is 0 Å². The Morgan fingerprint density at radius 2 is 1.73 bits per heavy atom. The molecule has 0 aliphatic carbocycles. The van der Waals surface area contributed by atoms with Gasteiger partial charge in [0.15, 0.2) is 0 Å². The minimum absolute atomic E-state index is 0.139. The van der Waals surface area contributed by atoms with Crippen molar-refractivity contribution < 1.29 is 25.8 Å². The second-order valence-electron chi connectivity index (χ2n) is 1.52. The summed E-state index contributed by atoms with van der Waals surface area (Å²) in [4.78, 5) is 8.89. The Morgan fingerprint density at radius 3 is 1.73 bits per heavy atom. The van der Waals surface area contributed by atoms with Gasteiger partial charge in [-0.2, -0.15) is 0 Å². The van der Waals surface area contributed by atoms with Crippen LogP contribution in [0.15, 0.2) is 0 Å². The SMILES string of the molecule is CC(=O)[O-].CC(O)CO.C[NH3+]. The molecule has 11 heavy (non-hydrogen) atoms. The molecule has 0 fully saturated rings. The second-order valence-corrected chi connectivity index (χ2v) is 1.52. The van der Waals surface area contributed by atoms with E-state index in [0.717, 1.165) is 6.92 Å². The summed E-state index contributed by atoms with van der Waals surface area (Å²) in [6, 6.07) is 0. The third-order valence-corrected chi connectivity index (χ3v) is 0.264. The molecule has 0 aromatic rings. The highest BCUT2D eigenvalue weighted by molar-refractivity contribution is 5.60. The Bertz CT molecular complexity index is 71.0. The zero-order chi connectivity index (χ0) is 9.86. The number of hydrogen-bond donors (Lipinski definition) is 3. The molecule has 0 spiro atoms. The van der Waals surface area contributed by atoms with Crippen molar-refractivity contribution in [2.75, 3.05) is 13.7 Å². The van der Waals surface area contributed by atoms with E-state index in [2.05, 4.69) is 5.73 Å². The number of carboxylic acid groups (broad SMARTS) is 1. The molecule has 70 valence electrons. The van der Waals surface area contributed by atoms with Gasteiger partial charge in [0.05, 0.1) is 19.8 Å². The van der Waals surface area contributed by atoms with Crippen LogP contribution >= 0.6 is 0 Å². The number of carbonyl (C=O) groups excluding carboxylic acids is 1. The van der Waals surface area contributed by atoms with Crippen LogP contribution < -0.4 is 10.8 Å². The molecule has 0 amide bonds. The van der Waals surface area contributed by atoms with Crippen LogP contribution in [0.3, 0.4) is 0 Å². The molecule has 0 heterocycles. The van der Waals surface area contributed by atoms with E-state index in [1.807, 2.05) is 0 Å². The highest BCUT2D eigenvalue weighted by Gasteiger charge is 1.83. The van der Waals surface area contributed by atoms with Crippen LogP contribution in [-0.2, 0) is 4.79 Å². The normalized spacial score (nSPS) is 9.64. The zero-order valence-electron chi connectivity index (χ0n) is 7.20. The molecule has 0 aliphatic rings. The number of rotatable bonds is 1. The van der Waals surface area contributed by atoms with Crippen LogP contribution in [0.25, 0.3) is 0 Å². The zero-order valence-corrected chi connectivity index (χ0v) is 7.20. The van der Waals surface area contributed by atoms with E-state index in [0.29, 0.717) is 0 Å². The van der Waals surface area contributed by atoms with Gasteiger partial charge in [-0.15, -0.1) is 0 Å². The van der Waals surface area contributed by atoms with Crippen LogP contribution in [-0.4, -0.2) is 35.9 Å². The van der Waals surface area contributed by atoms with E-state index in [-0.39, 0.29) is 6.61 Å². The monoisotopic (exact) mass is 167 g/mol. The fourth-order valence-corrected chi connectivity index (χ4v) is 0. The van der Waals surface area contributed by atoms with Gasteiger partial charge in [-0.05, 0) is 13.8 Å². The summed E-state index contributed by atoms with van der Waals surface area (Å²) in [6.07, 6.45) is -0.560. The number of aliphatic carboxylic acids is 1. The summed E-state index contributed by atoms with van der Waals surface area (Å²) in [5.74, 6) is -1.08. The predicted molar refractivity (Wildman–Crippen MR) is 38.3 cm³/mol. The number of aliphatic hydroxyl groups excluding tert-OH is 2. The third kappa shape index (κ3) is 277. The van der Waals surface area contributed by atoms with Crippen LogP contribution in [0, 0.1) is 0 Å². The van der Waals surface area contributed by atoms with E-state index in [9.17, 15) is 0 Å². The van der Waals surface area contributed by atoms with Gasteiger partial charge in [-0.25, -0.2) is 0 Å². The number of quaternary nitrogens is 1.